The number of benzene rings is 1. The Balaban J connectivity index is 2.73. The number of hydrogen-bond acceptors (Lipinski definition) is 3. The SMILES string of the molecule is COCCC(O)C(CN)c1cccc(C)c1. The van der Waals surface area contributed by atoms with Crippen LogP contribution in [0.2, 0.25) is 0 Å². The van der Waals surface area contributed by atoms with E-state index in [-0.39, 0.29) is 5.92 Å². The van der Waals surface area contributed by atoms with Crippen molar-refractivity contribution in [3.8, 4) is 0 Å². The standard InChI is InChI=1S/C13H21NO2/c1-10-4-3-5-11(8-10)12(9-14)13(15)6-7-16-2/h3-5,8,12-13,15H,6-7,9,14H2,1-2H3. The van der Waals surface area contributed by atoms with Crippen LogP contribution in [0.3, 0.4) is 0 Å². The van der Waals surface area contributed by atoms with Gasteiger partial charge in [-0.1, -0.05) is 29.8 Å². The molecule has 3 nitrogen and oxygen atoms in total. The summed E-state index contributed by atoms with van der Waals surface area (Å²) in [7, 11) is 1.64. The van der Waals surface area contributed by atoms with Gasteiger partial charge in [-0.05, 0) is 18.9 Å². The molecule has 0 heterocycles. The maximum absolute atomic E-state index is 10.0. The van der Waals surface area contributed by atoms with E-state index in [9.17, 15) is 5.11 Å². The van der Waals surface area contributed by atoms with E-state index >= 15 is 0 Å². The number of aliphatic hydroxyl groups is 1. The highest BCUT2D eigenvalue weighted by atomic mass is 16.5. The minimum absolute atomic E-state index is 0.00458. The molecule has 0 aliphatic heterocycles. The van der Waals surface area contributed by atoms with Crippen LogP contribution < -0.4 is 5.73 Å². The molecule has 0 radical (unpaired) electrons. The Bertz CT molecular complexity index is 315. The normalized spacial score (nSPS) is 14.8. The van der Waals surface area contributed by atoms with Crippen molar-refractivity contribution in [3.63, 3.8) is 0 Å². The number of aryl methyl sites for hydroxylation is 1. The summed E-state index contributed by atoms with van der Waals surface area (Å²) in [4.78, 5) is 0. The molecular weight excluding hydrogens is 202 g/mol. The fourth-order valence-electron chi connectivity index (χ4n) is 1.86. The third kappa shape index (κ3) is 3.59. The van der Waals surface area contributed by atoms with Gasteiger partial charge in [-0.15, -0.1) is 0 Å². The molecule has 0 amide bonds. The average molecular weight is 223 g/mol. The first-order valence-electron chi connectivity index (χ1n) is 5.62. The molecule has 2 atom stereocenters. The predicted molar refractivity (Wildman–Crippen MR) is 65.5 cm³/mol. The molecule has 0 saturated carbocycles. The molecule has 1 aromatic rings. The number of ether oxygens (including phenoxy) is 1. The van der Waals surface area contributed by atoms with Gasteiger partial charge in [0, 0.05) is 26.2 Å². The molecule has 1 aromatic carbocycles. The Kier molecular flexibility index (Phi) is 5.46. The summed E-state index contributed by atoms with van der Waals surface area (Å²) < 4.78 is 4.97. The predicted octanol–water partition coefficient (Wildman–Crippen LogP) is 1.43. The Morgan fingerprint density at radius 2 is 2.19 bits per heavy atom. The second-order valence-corrected chi connectivity index (χ2v) is 4.11. The molecule has 16 heavy (non-hydrogen) atoms. The van der Waals surface area contributed by atoms with Crippen molar-refractivity contribution in [3.05, 3.63) is 35.4 Å². The van der Waals surface area contributed by atoms with Crippen LogP contribution in [0.15, 0.2) is 24.3 Å². The number of rotatable bonds is 6. The largest absolute Gasteiger partial charge is 0.392 e. The van der Waals surface area contributed by atoms with E-state index in [1.165, 1.54) is 5.56 Å². The molecule has 3 heteroatoms. The third-order valence-electron chi connectivity index (χ3n) is 2.81. The minimum atomic E-state index is -0.438. The van der Waals surface area contributed by atoms with Crippen LogP contribution in [0.25, 0.3) is 0 Å². The van der Waals surface area contributed by atoms with Crippen LogP contribution in [0.5, 0.6) is 0 Å². The van der Waals surface area contributed by atoms with Gasteiger partial charge in [0.1, 0.15) is 0 Å². The number of hydrogen-bond donors (Lipinski definition) is 2. The van der Waals surface area contributed by atoms with E-state index in [1.807, 2.05) is 25.1 Å². The van der Waals surface area contributed by atoms with E-state index in [0.29, 0.717) is 19.6 Å². The molecule has 90 valence electrons. The van der Waals surface area contributed by atoms with Crippen LogP contribution in [-0.2, 0) is 4.74 Å². The first kappa shape index (κ1) is 13.2. The van der Waals surface area contributed by atoms with Gasteiger partial charge in [-0.3, -0.25) is 0 Å². The summed E-state index contributed by atoms with van der Waals surface area (Å²) in [6.07, 6.45) is 0.179. The van der Waals surface area contributed by atoms with Gasteiger partial charge in [0.25, 0.3) is 0 Å². The second-order valence-electron chi connectivity index (χ2n) is 4.11. The highest BCUT2D eigenvalue weighted by Crippen LogP contribution is 2.21. The van der Waals surface area contributed by atoms with Gasteiger partial charge < -0.3 is 15.6 Å². The summed E-state index contributed by atoms with van der Waals surface area (Å²) in [5.74, 6) is -0.00458. The van der Waals surface area contributed by atoms with Crippen molar-refractivity contribution in [2.24, 2.45) is 5.73 Å². The van der Waals surface area contributed by atoms with Crippen molar-refractivity contribution in [2.75, 3.05) is 20.3 Å². The van der Waals surface area contributed by atoms with Crippen LogP contribution in [0.4, 0.5) is 0 Å². The van der Waals surface area contributed by atoms with Crippen molar-refractivity contribution < 1.29 is 9.84 Å². The zero-order valence-corrected chi connectivity index (χ0v) is 10.0. The molecule has 0 fully saturated rings. The summed E-state index contributed by atoms with van der Waals surface area (Å²) in [6, 6.07) is 8.13. The Hall–Kier alpha value is -0.900. The van der Waals surface area contributed by atoms with E-state index in [4.69, 9.17) is 10.5 Å². The first-order chi connectivity index (χ1) is 7.69. The summed E-state index contributed by atoms with van der Waals surface area (Å²) in [5, 5.41) is 10.0. The number of nitrogens with two attached hydrogens (primary N) is 1. The van der Waals surface area contributed by atoms with Crippen LogP contribution in [-0.4, -0.2) is 31.5 Å². The van der Waals surface area contributed by atoms with Crippen molar-refractivity contribution in [2.45, 2.75) is 25.4 Å². The van der Waals surface area contributed by atoms with Crippen molar-refractivity contribution in [1.29, 1.82) is 0 Å². The second kappa shape index (κ2) is 6.63. The summed E-state index contributed by atoms with van der Waals surface area (Å²) in [5.41, 5.74) is 8.02. The topological polar surface area (TPSA) is 55.5 Å². The lowest BCUT2D eigenvalue weighted by Crippen LogP contribution is -2.27. The van der Waals surface area contributed by atoms with Crippen LogP contribution in [0, 0.1) is 6.92 Å². The maximum Gasteiger partial charge on any atom is 0.0642 e. The van der Waals surface area contributed by atoms with Gasteiger partial charge in [0.15, 0.2) is 0 Å². The molecule has 1 rings (SSSR count). The summed E-state index contributed by atoms with van der Waals surface area (Å²) >= 11 is 0. The molecule has 0 aliphatic rings. The fraction of sp³-hybridized carbons (Fsp3) is 0.538. The van der Waals surface area contributed by atoms with Gasteiger partial charge in [-0.25, -0.2) is 0 Å². The van der Waals surface area contributed by atoms with Gasteiger partial charge in [-0.2, -0.15) is 0 Å². The van der Waals surface area contributed by atoms with E-state index in [2.05, 4.69) is 6.07 Å². The van der Waals surface area contributed by atoms with Gasteiger partial charge in [0.2, 0.25) is 0 Å². The van der Waals surface area contributed by atoms with Crippen LogP contribution >= 0.6 is 0 Å². The zero-order valence-electron chi connectivity index (χ0n) is 10.0. The highest BCUT2D eigenvalue weighted by molar-refractivity contribution is 5.26. The number of aliphatic hydroxyl groups excluding tert-OH is 1. The third-order valence-corrected chi connectivity index (χ3v) is 2.81. The molecule has 0 saturated heterocycles. The molecule has 0 spiro atoms. The summed E-state index contributed by atoms with van der Waals surface area (Å²) in [6.45, 7) is 3.05. The van der Waals surface area contributed by atoms with E-state index in [1.54, 1.807) is 7.11 Å². The van der Waals surface area contributed by atoms with Crippen LogP contribution in [0.1, 0.15) is 23.5 Å². The molecule has 3 N–H and O–H groups in total. The Labute approximate surface area is 97.2 Å². The highest BCUT2D eigenvalue weighted by Gasteiger charge is 2.19. The molecule has 2 unspecified atom stereocenters. The molecule has 0 aliphatic carbocycles. The molecule has 0 aromatic heterocycles. The lowest BCUT2D eigenvalue weighted by Gasteiger charge is -2.22. The quantitative estimate of drug-likeness (QED) is 0.767. The first-order valence-corrected chi connectivity index (χ1v) is 5.62. The Morgan fingerprint density at radius 1 is 1.44 bits per heavy atom. The number of methoxy groups -OCH3 is 1. The van der Waals surface area contributed by atoms with E-state index in [0.717, 1.165) is 5.56 Å². The molecular formula is C13H21NO2. The minimum Gasteiger partial charge on any atom is -0.392 e. The lowest BCUT2D eigenvalue weighted by atomic mass is 9.91. The Morgan fingerprint density at radius 3 is 2.75 bits per heavy atom. The smallest absolute Gasteiger partial charge is 0.0642 e. The van der Waals surface area contributed by atoms with Crippen molar-refractivity contribution >= 4 is 0 Å². The maximum atomic E-state index is 10.0. The zero-order chi connectivity index (χ0) is 12.0. The lowest BCUT2D eigenvalue weighted by molar-refractivity contribution is 0.0920. The fourth-order valence-corrected chi connectivity index (χ4v) is 1.86. The van der Waals surface area contributed by atoms with Gasteiger partial charge >= 0.3 is 0 Å². The van der Waals surface area contributed by atoms with Crippen molar-refractivity contribution in [1.82, 2.24) is 0 Å². The molecule has 0 bridgehead atoms. The van der Waals surface area contributed by atoms with Gasteiger partial charge in [0.05, 0.1) is 6.10 Å². The average Bonchev–Trinajstić information content (AvgIpc) is 2.27. The monoisotopic (exact) mass is 223 g/mol. The van der Waals surface area contributed by atoms with E-state index < -0.39 is 6.10 Å².